The molecular formula is C19H20O6. The number of carbonyl (C=O) groups is 3. The van der Waals surface area contributed by atoms with Crippen molar-refractivity contribution in [1.29, 1.82) is 0 Å². The van der Waals surface area contributed by atoms with Gasteiger partial charge in [0.2, 0.25) is 0 Å². The Morgan fingerprint density at radius 1 is 1.20 bits per heavy atom. The van der Waals surface area contributed by atoms with Crippen LogP contribution in [0, 0.1) is 11.3 Å². The van der Waals surface area contributed by atoms with Gasteiger partial charge in [-0.05, 0) is 36.3 Å². The first-order valence-corrected chi connectivity index (χ1v) is 8.50. The molecular weight excluding hydrogens is 324 g/mol. The standard InChI is InChI=1S/C19H20O6/c1-9-6-14(24-17(9)21)23-8-12-10-7-11-13(20)4-5-19(2,3)15(11)16(10)25-18(12)22/h6,8,10,14,16H,4-5,7H2,1-3H3/b12-8+/t10-,14-,16+/m1/s1. The van der Waals surface area contributed by atoms with E-state index in [-0.39, 0.29) is 23.2 Å². The highest BCUT2D eigenvalue weighted by atomic mass is 16.7. The predicted octanol–water partition coefficient (Wildman–Crippen LogP) is 2.35. The van der Waals surface area contributed by atoms with Gasteiger partial charge in [0.15, 0.2) is 5.78 Å². The van der Waals surface area contributed by atoms with Crippen molar-refractivity contribution in [3.05, 3.63) is 34.6 Å². The number of hydrogen-bond donors (Lipinski definition) is 0. The number of Topliss-reactive ketones (excluding diaryl/α,β-unsaturated/α-hetero) is 1. The molecule has 3 atom stereocenters. The monoisotopic (exact) mass is 344 g/mol. The number of hydrogen-bond acceptors (Lipinski definition) is 6. The average molecular weight is 344 g/mol. The molecule has 6 nitrogen and oxygen atoms in total. The van der Waals surface area contributed by atoms with Gasteiger partial charge >= 0.3 is 11.9 Å². The first-order chi connectivity index (χ1) is 11.8. The van der Waals surface area contributed by atoms with Crippen molar-refractivity contribution in [2.24, 2.45) is 11.3 Å². The summed E-state index contributed by atoms with van der Waals surface area (Å²) >= 11 is 0. The molecule has 4 rings (SSSR count). The lowest BCUT2D eigenvalue weighted by atomic mass is 9.72. The first kappa shape index (κ1) is 16.1. The maximum Gasteiger partial charge on any atom is 0.338 e. The summed E-state index contributed by atoms with van der Waals surface area (Å²) in [6.07, 6.45) is 3.48. The predicted molar refractivity (Wildman–Crippen MR) is 85.8 cm³/mol. The fourth-order valence-corrected chi connectivity index (χ4v) is 4.18. The Morgan fingerprint density at radius 3 is 2.64 bits per heavy atom. The summed E-state index contributed by atoms with van der Waals surface area (Å²) < 4.78 is 16.1. The van der Waals surface area contributed by atoms with Gasteiger partial charge in [-0.2, -0.15) is 0 Å². The van der Waals surface area contributed by atoms with E-state index < -0.39 is 18.2 Å². The molecule has 2 heterocycles. The molecule has 1 fully saturated rings. The van der Waals surface area contributed by atoms with E-state index >= 15 is 0 Å². The third kappa shape index (κ3) is 2.42. The van der Waals surface area contributed by atoms with Gasteiger partial charge in [-0.3, -0.25) is 4.79 Å². The lowest BCUT2D eigenvalue weighted by Gasteiger charge is -2.33. The highest BCUT2D eigenvalue weighted by Crippen LogP contribution is 2.53. The van der Waals surface area contributed by atoms with Crippen LogP contribution in [0.1, 0.15) is 40.0 Å². The van der Waals surface area contributed by atoms with Crippen LogP contribution in [-0.4, -0.2) is 30.1 Å². The molecule has 0 spiro atoms. The molecule has 0 saturated carbocycles. The molecule has 6 heteroatoms. The van der Waals surface area contributed by atoms with Crippen molar-refractivity contribution < 1.29 is 28.6 Å². The lowest BCUT2D eigenvalue weighted by molar-refractivity contribution is -0.152. The highest BCUT2D eigenvalue weighted by molar-refractivity contribution is 6.00. The molecule has 132 valence electrons. The molecule has 0 bridgehead atoms. The Balaban J connectivity index is 1.58. The van der Waals surface area contributed by atoms with Crippen molar-refractivity contribution in [2.75, 3.05) is 0 Å². The van der Waals surface area contributed by atoms with Crippen LogP contribution in [0.2, 0.25) is 0 Å². The van der Waals surface area contributed by atoms with Crippen molar-refractivity contribution >= 4 is 17.7 Å². The fourth-order valence-electron chi connectivity index (χ4n) is 4.18. The summed E-state index contributed by atoms with van der Waals surface area (Å²) in [4.78, 5) is 36.0. The van der Waals surface area contributed by atoms with Gasteiger partial charge in [-0.1, -0.05) is 13.8 Å². The molecule has 0 amide bonds. The molecule has 0 N–H and O–H groups in total. The highest BCUT2D eigenvalue weighted by Gasteiger charge is 2.54. The minimum atomic E-state index is -0.825. The number of allylic oxidation sites excluding steroid dienone is 1. The van der Waals surface area contributed by atoms with Crippen LogP contribution in [-0.2, 0) is 28.6 Å². The molecule has 2 aliphatic heterocycles. The van der Waals surface area contributed by atoms with Gasteiger partial charge in [-0.15, -0.1) is 0 Å². The summed E-state index contributed by atoms with van der Waals surface area (Å²) in [5.41, 5.74) is 2.50. The summed E-state index contributed by atoms with van der Waals surface area (Å²) in [5.74, 6) is -0.912. The minimum absolute atomic E-state index is 0.153. The van der Waals surface area contributed by atoms with E-state index in [2.05, 4.69) is 13.8 Å². The van der Waals surface area contributed by atoms with Crippen LogP contribution in [0.3, 0.4) is 0 Å². The van der Waals surface area contributed by atoms with E-state index in [4.69, 9.17) is 14.2 Å². The number of ketones is 1. The number of carbonyl (C=O) groups excluding carboxylic acids is 3. The molecule has 0 radical (unpaired) electrons. The summed E-state index contributed by atoms with van der Waals surface area (Å²) in [7, 11) is 0. The molecule has 0 aromatic carbocycles. The Hall–Kier alpha value is -2.37. The molecule has 4 aliphatic rings. The van der Waals surface area contributed by atoms with Crippen molar-refractivity contribution in [3.8, 4) is 0 Å². The van der Waals surface area contributed by atoms with E-state index in [0.29, 0.717) is 24.0 Å². The lowest BCUT2D eigenvalue weighted by Crippen LogP contribution is -2.30. The van der Waals surface area contributed by atoms with E-state index in [1.165, 1.54) is 6.26 Å². The van der Waals surface area contributed by atoms with E-state index in [0.717, 1.165) is 17.6 Å². The van der Waals surface area contributed by atoms with Crippen LogP contribution < -0.4 is 0 Å². The van der Waals surface area contributed by atoms with E-state index in [1.54, 1.807) is 13.0 Å². The largest absolute Gasteiger partial charge is 0.458 e. The topological polar surface area (TPSA) is 78.9 Å². The van der Waals surface area contributed by atoms with Crippen LogP contribution in [0.4, 0.5) is 0 Å². The van der Waals surface area contributed by atoms with Crippen LogP contribution in [0.15, 0.2) is 34.6 Å². The second-order valence-electron chi connectivity index (χ2n) is 7.67. The second kappa shape index (κ2) is 5.31. The SMILES string of the molecule is CC1=C[C@H](O/C=C2/C(=O)O[C@@H]3C4=C(C[C@H]23)C(=O)CCC4(C)C)OC1=O. The van der Waals surface area contributed by atoms with Crippen molar-refractivity contribution in [3.63, 3.8) is 0 Å². The number of ether oxygens (including phenoxy) is 3. The number of rotatable bonds is 2. The summed E-state index contributed by atoms with van der Waals surface area (Å²) in [6.45, 7) is 5.82. The van der Waals surface area contributed by atoms with E-state index in [9.17, 15) is 14.4 Å². The average Bonchev–Trinajstić information content (AvgIpc) is 3.15. The van der Waals surface area contributed by atoms with Crippen molar-refractivity contribution in [2.45, 2.75) is 52.4 Å². The zero-order valence-electron chi connectivity index (χ0n) is 14.5. The van der Waals surface area contributed by atoms with Gasteiger partial charge in [0, 0.05) is 24.0 Å². The third-order valence-electron chi connectivity index (χ3n) is 5.57. The molecule has 0 aromatic rings. The molecule has 0 unspecified atom stereocenters. The van der Waals surface area contributed by atoms with Crippen LogP contribution >= 0.6 is 0 Å². The van der Waals surface area contributed by atoms with Gasteiger partial charge in [0.1, 0.15) is 6.10 Å². The maximum atomic E-state index is 12.3. The zero-order chi connectivity index (χ0) is 17.9. The number of fused-ring (bicyclic) bond motifs is 2. The Morgan fingerprint density at radius 2 is 1.96 bits per heavy atom. The maximum absolute atomic E-state index is 12.3. The molecule has 25 heavy (non-hydrogen) atoms. The summed E-state index contributed by atoms with van der Waals surface area (Å²) in [6, 6.07) is 0. The Kier molecular flexibility index (Phi) is 3.42. The quantitative estimate of drug-likeness (QED) is 0.435. The number of cyclic esters (lactones) is 1. The minimum Gasteiger partial charge on any atom is -0.458 e. The Bertz CT molecular complexity index is 782. The van der Waals surface area contributed by atoms with E-state index in [1.807, 2.05) is 0 Å². The van der Waals surface area contributed by atoms with Gasteiger partial charge in [0.05, 0.1) is 11.8 Å². The normalized spacial score (nSPS) is 34.7. The summed E-state index contributed by atoms with van der Waals surface area (Å²) in [5, 5.41) is 0. The third-order valence-corrected chi connectivity index (χ3v) is 5.57. The second-order valence-corrected chi connectivity index (χ2v) is 7.67. The fraction of sp³-hybridized carbons (Fsp3) is 0.526. The molecule has 2 aliphatic carbocycles. The molecule has 1 saturated heterocycles. The number of esters is 2. The van der Waals surface area contributed by atoms with Gasteiger partial charge < -0.3 is 14.2 Å². The Labute approximate surface area is 145 Å². The zero-order valence-corrected chi connectivity index (χ0v) is 14.5. The van der Waals surface area contributed by atoms with Crippen LogP contribution in [0.25, 0.3) is 0 Å². The molecule has 0 aromatic heterocycles. The first-order valence-electron chi connectivity index (χ1n) is 8.50. The van der Waals surface area contributed by atoms with Crippen molar-refractivity contribution in [1.82, 2.24) is 0 Å². The van der Waals surface area contributed by atoms with Gasteiger partial charge in [-0.25, -0.2) is 9.59 Å². The van der Waals surface area contributed by atoms with Gasteiger partial charge in [0.25, 0.3) is 6.29 Å². The van der Waals surface area contributed by atoms with Crippen LogP contribution in [0.5, 0.6) is 0 Å². The smallest absolute Gasteiger partial charge is 0.338 e.